The van der Waals surface area contributed by atoms with Crippen molar-refractivity contribution in [2.45, 2.75) is 11.6 Å². The molecule has 30 heavy (non-hydrogen) atoms. The van der Waals surface area contributed by atoms with Gasteiger partial charge in [0.05, 0.1) is 5.75 Å². The fraction of sp³-hybridized carbons (Fsp3) is 0.130. The van der Waals surface area contributed by atoms with Crippen LogP contribution < -0.4 is 0 Å². The highest BCUT2D eigenvalue weighted by Crippen LogP contribution is 2.30. The molecule has 1 aromatic heterocycles. The maximum atomic E-state index is 10.8. The first kappa shape index (κ1) is 19.8. The Bertz CT molecular complexity index is 1230. The Labute approximate surface area is 178 Å². The fourth-order valence-electron chi connectivity index (χ4n) is 3.25. The zero-order chi connectivity index (χ0) is 20.9. The number of hydrogen-bond donors (Lipinski definition) is 2. The Hall–Kier alpha value is -3.45. The molecule has 6 nitrogen and oxygen atoms in total. The monoisotopic (exact) mass is 416 g/mol. The molecule has 0 amide bonds. The molecular formula is C23H20N4O2S. The smallest absolute Gasteiger partial charge is 0.313 e. The lowest BCUT2D eigenvalue weighted by molar-refractivity contribution is -0.133. The van der Waals surface area contributed by atoms with Gasteiger partial charge in [-0.2, -0.15) is 0 Å². The molecule has 1 heterocycles. The predicted molar refractivity (Wildman–Crippen MR) is 121 cm³/mol. The molecule has 0 aliphatic rings. The van der Waals surface area contributed by atoms with Gasteiger partial charge in [-0.15, -0.1) is 10.2 Å². The summed E-state index contributed by atoms with van der Waals surface area (Å²) in [5, 5.41) is 20.0. The van der Waals surface area contributed by atoms with Crippen molar-refractivity contribution in [1.29, 1.82) is 0 Å². The number of nitrogens with one attached hydrogen (secondary N) is 1. The summed E-state index contributed by atoms with van der Waals surface area (Å²) >= 11 is 1.11. The first-order valence-electron chi connectivity index (χ1n) is 9.44. The third kappa shape index (κ3) is 4.58. The van der Waals surface area contributed by atoms with E-state index in [0.29, 0.717) is 17.4 Å². The number of aromatic nitrogens is 3. The van der Waals surface area contributed by atoms with E-state index in [-0.39, 0.29) is 5.75 Å². The number of nitrogens with zero attached hydrogens (tertiary/aromatic N) is 3. The van der Waals surface area contributed by atoms with Crippen molar-refractivity contribution in [3.63, 3.8) is 0 Å². The minimum absolute atomic E-state index is 0.0655. The van der Waals surface area contributed by atoms with Gasteiger partial charge in [-0.3, -0.25) is 4.79 Å². The normalized spacial score (nSPS) is 11.4. The van der Waals surface area contributed by atoms with Crippen LogP contribution in [0.15, 0.2) is 70.8 Å². The zero-order valence-corrected chi connectivity index (χ0v) is 17.2. The van der Waals surface area contributed by atoms with Crippen molar-refractivity contribution < 1.29 is 9.90 Å². The zero-order valence-electron chi connectivity index (χ0n) is 16.4. The lowest BCUT2D eigenvalue weighted by Gasteiger charge is -2.09. The van der Waals surface area contributed by atoms with Crippen LogP contribution >= 0.6 is 11.8 Å². The first-order chi connectivity index (χ1) is 14.6. The molecule has 0 atom stereocenters. The Morgan fingerprint density at radius 2 is 1.83 bits per heavy atom. The van der Waals surface area contributed by atoms with E-state index in [1.54, 1.807) is 7.05 Å². The van der Waals surface area contributed by atoms with Crippen molar-refractivity contribution in [2.75, 3.05) is 12.8 Å². The summed E-state index contributed by atoms with van der Waals surface area (Å²) in [6.07, 6.45) is 2.58. The summed E-state index contributed by atoms with van der Waals surface area (Å²) in [6.45, 7) is 0. The van der Waals surface area contributed by atoms with Crippen LogP contribution in [0.1, 0.15) is 5.56 Å². The van der Waals surface area contributed by atoms with Crippen molar-refractivity contribution in [3.8, 4) is 22.5 Å². The third-order valence-electron chi connectivity index (χ3n) is 4.66. The maximum absolute atomic E-state index is 10.8. The summed E-state index contributed by atoms with van der Waals surface area (Å²) in [6, 6.07) is 21.0. The Kier molecular flexibility index (Phi) is 5.90. The quantitative estimate of drug-likeness (QED) is 0.336. The van der Waals surface area contributed by atoms with Crippen LogP contribution in [0, 0.1) is 0 Å². The van der Waals surface area contributed by atoms with Gasteiger partial charge in [-0.25, -0.2) is 0 Å². The van der Waals surface area contributed by atoms with E-state index < -0.39 is 5.97 Å². The number of H-pyrrole nitrogens is 1. The number of hydrogen-bond acceptors (Lipinski definition) is 5. The molecule has 4 aromatic rings. The Balaban J connectivity index is 1.74. The lowest BCUT2D eigenvalue weighted by atomic mass is 9.96. The average molecular weight is 417 g/mol. The molecule has 2 N–H and O–H groups in total. The number of thioether (sulfide) groups is 1. The largest absolute Gasteiger partial charge is 0.481 e. The summed E-state index contributed by atoms with van der Waals surface area (Å²) < 4.78 is 0. The van der Waals surface area contributed by atoms with E-state index in [1.165, 1.54) is 10.8 Å². The van der Waals surface area contributed by atoms with Crippen LogP contribution in [-0.4, -0.2) is 45.3 Å². The molecule has 150 valence electrons. The van der Waals surface area contributed by atoms with Crippen LogP contribution in [-0.2, 0) is 11.2 Å². The highest BCUT2D eigenvalue weighted by molar-refractivity contribution is 7.99. The number of carboxylic acids is 1. The van der Waals surface area contributed by atoms with E-state index in [0.717, 1.165) is 34.0 Å². The van der Waals surface area contributed by atoms with Crippen LogP contribution in [0.5, 0.6) is 0 Å². The second kappa shape index (κ2) is 8.92. The number of rotatable bonds is 7. The van der Waals surface area contributed by atoms with Crippen LogP contribution in [0.4, 0.5) is 0 Å². The second-order valence-corrected chi connectivity index (χ2v) is 7.75. The van der Waals surface area contributed by atoms with Crippen molar-refractivity contribution >= 4 is 34.7 Å². The van der Waals surface area contributed by atoms with Crippen molar-refractivity contribution in [3.05, 3.63) is 66.2 Å². The van der Waals surface area contributed by atoms with Crippen molar-refractivity contribution in [1.82, 2.24) is 15.2 Å². The number of aliphatic carboxylic acids is 1. The SMILES string of the molecule is C/N=C/Cc1cc(-c2ccc3ccccc3c2)cc(-c2nnc(SCC(=O)O)[nH]2)c1. The molecule has 0 unspecified atom stereocenters. The molecular weight excluding hydrogens is 396 g/mol. The number of aliphatic imine (C=N–C) groups is 1. The Morgan fingerprint density at radius 1 is 1.03 bits per heavy atom. The van der Waals surface area contributed by atoms with Gasteiger partial charge in [0, 0.05) is 25.2 Å². The fourth-order valence-corrected chi connectivity index (χ4v) is 3.78. The van der Waals surface area contributed by atoms with Crippen LogP contribution in [0.25, 0.3) is 33.3 Å². The maximum Gasteiger partial charge on any atom is 0.313 e. The van der Waals surface area contributed by atoms with Crippen LogP contribution in [0.2, 0.25) is 0 Å². The van der Waals surface area contributed by atoms with E-state index >= 15 is 0 Å². The molecule has 0 aliphatic carbocycles. The molecule has 0 radical (unpaired) electrons. The van der Waals surface area contributed by atoms with Gasteiger partial charge >= 0.3 is 5.97 Å². The molecule has 4 rings (SSSR count). The average Bonchev–Trinajstić information content (AvgIpc) is 3.25. The summed E-state index contributed by atoms with van der Waals surface area (Å²) in [5.41, 5.74) is 4.20. The minimum Gasteiger partial charge on any atom is -0.481 e. The van der Waals surface area contributed by atoms with E-state index in [1.807, 2.05) is 18.3 Å². The summed E-state index contributed by atoms with van der Waals surface area (Å²) in [4.78, 5) is 18.0. The topological polar surface area (TPSA) is 91.2 Å². The third-order valence-corrected chi connectivity index (χ3v) is 5.51. The number of carbonyl (C=O) groups is 1. The molecule has 0 spiro atoms. The highest BCUT2D eigenvalue weighted by Gasteiger charge is 2.11. The standard InChI is InChI=1S/C23H20N4O2S/c1-24-9-8-15-10-19(18-7-6-16-4-2-3-5-17(16)12-18)13-20(11-15)22-25-23(27-26-22)30-14-21(28)29/h2-7,9-13H,8,14H2,1H3,(H,28,29)(H,25,26,27)/b24-9+. The molecule has 0 fully saturated rings. The lowest BCUT2D eigenvalue weighted by Crippen LogP contribution is -1.97. The number of carboxylic acid groups (broad SMARTS) is 1. The summed E-state index contributed by atoms with van der Waals surface area (Å²) in [5.74, 6) is -0.345. The van der Waals surface area contributed by atoms with Gasteiger partial charge in [0.25, 0.3) is 0 Å². The molecule has 0 bridgehead atoms. The van der Waals surface area contributed by atoms with Gasteiger partial charge in [0.2, 0.25) is 0 Å². The Morgan fingerprint density at radius 3 is 2.63 bits per heavy atom. The van der Waals surface area contributed by atoms with Crippen LogP contribution in [0.3, 0.4) is 0 Å². The van der Waals surface area contributed by atoms with Gasteiger partial charge in [0.15, 0.2) is 11.0 Å². The first-order valence-corrected chi connectivity index (χ1v) is 10.4. The second-order valence-electron chi connectivity index (χ2n) is 6.79. The minimum atomic E-state index is -0.891. The summed E-state index contributed by atoms with van der Waals surface area (Å²) in [7, 11) is 1.76. The molecule has 0 saturated heterocycles. The highest BCUT2D eigenvalue weighted by atomic mass is 32.2. The molecule has 0 saturated carbocycles. The predicted octanol–water partition coefficient (Wildman–Crippen LogP) is 4.71. The molecule has 0 aliphatic heterocycles. The van der Waals surface area contributed by atoms with E-state index in [4.69, 9.17) is 5.11 Å². The van der Waals surface area contributed by atoms with E-state index in [9.17, 15) is 4.79 Å². The number of fused-ring (bicyclic) bond motifs is 1. The van der Waals surface area contributed by atoms with E-state index in [2.05, 4.69) is 68.7 Å². The molecule has 7 heteroatoms. The van der Waals surface area contributed by atoms with Gasteiger partial charge < -0.3 is 15.1 Å². The number of benzene rings is 3. The molecule has 3 aromatic carbocycles. The number of aromatic amines is 1. The van der Waals surface area contributed by atoms with Gasteiger partial charge in [0.1, 0.15) is 0 Å². The van der Waals surface area contributed by atoms with Gasteiger partial charge in [-0.05, 0) is 45.7 Å². The van der Waals surface area contributed by atoms with Crippen molar-refractivity contribution in [2.24, 2.45) is 4.99 Å². The van der Waals surface area contributed by atoms with Gasteiger partial charge in [-0.1, -0.05) is 54.2 Å².